The summed E-state index contributed by atoms with van der Waals surface area (Å²) in [6.07, 6.45) is 1.61. The fourth-order valence-corrected chi connectivity index (χ4v) is 3.03. The molecule has 3 rings (SSSR count). The molecule has 0 unspecified atom stereocenters. The fraction of sp³-hybridized carbons (Fsp3) is 0.273. The first-order valence-corrected chi connectivity index (χ1v) is 9.30. The largest absolute Gasteiger partial charge is 0.333 e. The second-order valence-electron chi connectivity index (χ2n) is 6.97. The van der Waals surface area contributed by atoms with Gasteiger partial charge in [-0.1, -0.05) is 36.4 Å². The van der Waals surface area contributed by atoms with E-state index in [-0.39, 0.29) is 11.7 Å². The number of halogens is 1. The van der Waals surface area contributed by atoms with E-state index in [1.807, 2.05) is 33.2 Å². The predicted octanol–water partition coefficient (Wildman–Crippen LogP) is 3.74. The van der Waals surface area contributed by atoms with E-state index in [2.05, 4.69) is 22.1 Å². The minimum Gasteiger partial charge on any atom is -0.333 e. The van der Waals surface area contributed by atoms with E-state index < -0.39 is 0 Å². The first kappa shape index (κ1) is 19.8. The molecule has 0 saturated heterocycles. The van der Waals surface area contributed by atoms with Crippen molar-refractivity contribution in [3.8, 4) is 5.69 Å². The number of hydrogen-bond acceptors (Lipinski definition) is 3. The number of carbonyl (C=O) groups excluding carboxylic acids is 1. The molecule has 146 valence electrons. The molecule has 0 radical (unpaired) electrons. The third-order valence-corrected chi connectivity index (χ3v) is 4.47. The standard InChI is InChI=1S/C22H25FN4O/c1-4-26(16-18-11-9-17(10-12-18)15-25(2)3)22(28)20-13-14-27(24-20)21-8-6-5-7-19(21)23/h5-14H,4,15-16H2,1-3H3. The highest BCUT2D eigenvalue weighted by Gasteiger charge is 2.18. The molecular formula is C22H25FN4O. The molecule has 0 bridgehead atoms. The molecule has 6 heteroatoms. The highest BCUT2D eigenvalue weighted by atomic mass is 19.1. The van der Waals surface area contributed by atoms with E-state index in [0.717, 1.165) is 12.1 Å². The third-order valence-electron chi connectivity index (χ3n) is 4.47. The highest BCUT2D eigenvalue weighted by molar-refractivity contribution is 5.92. The summed E-state index contributed by atoms with van der Waals surface area (Å²) in [6.45, 7) is 3.88. The van der Waals surface area contributed by atoms with Gasteiger partial charge < -0.3 is 9.80 Å². The molecule has 28 heavy (non-hydrogen) atoms. The van der Waals surface area contributed by atoms with Gasteiger partial charge in [0.15, 0.2) is 5.69 Å². The Morgan fingerprint density at radius 3 is 2.25 bits per heavy atom. The zero-order chi connectivity index (χ0) is 20.1. The van der Waals surface area contributed by atoms with Gasteiger partial charge in [0, 0.05) is 25.8 Å². The Morgan fingerprint density at radius 2 is 1.64 bits per heavy atom. The van der Waals surface area contributed by atoms with Crippen molar-refractivity contribution in [3.63, 3.8) is 0 Å². The Labute approximate surface area is 165 Å². The van der Waals surface area contributed by atoms with Crippen LogP contribution in [0.1, 0.15) is 28.5 Å². The first-order chi connectivity index (χ1) is 13.5. The summed E-state index contributed by atoms with van der Waals surface area (Å²) < 4.78 is 15.3. The van der Waals surface area contributed by atoms with E-state index in [0.29, 0.717) is 24.5 Å². The maximum absolute atomic E-state index is 14.0. The van der Waals surface area contributed by atoms with Crippen molar-refractivity contribution in [3.05, 3.63) is 83.4 Å². The lowest BCUT2D eigenvalue weighted by Crippen LogP contribution is -2.30. The maximum atomic E-state index is 14.0. The number of para-hydroxylation sites is 1. The highest BCUT2D eigenvalue weighted by Crippen LogP contribution is 2.15. The van der Waals surface area contributed by atoms with Gasteiger partial charge in [0.25, 0.3) is 5.91 Å². The summed E-state index contributed by atoms with van der Waals surface area (Å²) in [6, 6.07) is 16.2. The van der Waals surface area contributed by atoms with Crippen molar-refractivity contribution < 1.29 is 9.18 Å². The van der Waals surface area contributed by atoms with Crippen LogP contribution in [0, 0.1) is 5.82 Å². The summed E-state index contributed by atoms with van der Waals surface area (Å²) in [5.74, 6) is -0.551. The van der Waals surface area contributed by atoms with E-state index in [9.17, 15) is 9.18 Å². The lowest BCUT2D eigenvalue weighted by atomic mass is 10.1. The number of benzene rings is 2. The van der Waals surface area contributed by atoms with Gasteiger partial charge in [0.2, 0.25) is 0 Å². The van der Waals surface area contributed by atoms with Crippen molar-refractivity contribution >= 4 is 5.91 Å². The molecule has 0 spiro atoms. The monoisotopic (exact) mass is 380 g/mol. The lowest BCUT2D eigenvalue weighted by Gasteiger charge is -2.20. The minimum absolute atomic E-state index is 0.171. The van der Waals surface area contributed by atoms with Crippen LogP contribution in [0.4, 0.5) is 4.39 Å². The Kier molecular flexibility index (Phi) is 6.21. The molecule has 1 aromatic heterocycles. The summed E-state index contributed by atoms with van der Waals surface area (Å²) >= 11 is 0. The van der Waals surface area contributed by atoms with Crippen LogP contribution in [0.5, 0.6) is 0 Å². The Balaban J connectivity index is 1.73. The van der Waals surface area contributed by atoms with E-state index in [4.69, 9.17) is 0 Å². The van der Waals surface area contributed by atoms with E-state index >= 15 is 0 Å². The van der Waals surface area contributed by atoms with Crippen molar-refractivity contribution in [2.24, 2.45) is 0 Å². The Morgan fingerprint density at radius 1 is 1.00 bits per heavy atom. The quantitative estimate of drug-likeness (QED) is 0.627. The van der Waals surface area contributed by atoms with Gasteiger partial charge in [0.05, 0.1) is 0 Å². The molecule has 0 N–H and O–H groups in total. The van der Waals surface area contributed by atoms with E-state index in [1.165, 1.54) is 16.3 Å². The van der Waals surface area contributed by atoms with Crippen LogP contribution in [0.25, 0.3) is 5.69 Å². The number of carbonyl (C=O) groups is 1. The van der Waals surface area contributed by atoms with Crippen LogP contribution < -0.4 is 0 Å². The number of nitrogens with zero attached hydrogens (tertiary/aromatic N) is 4. The number of amides is 1. The van der Waals surface area contributed by atoms with Gasteiger partial charge in [-0.15, -0.1) is 0 Å². The zero-order valence-electron chi connectivity index (χ0n) is 16.5. The van der Waals surface area contributed by atoms with Gasteiger partial charge in [-0.2, -0.15) is 5.10 Å². The topological polar surface area (TPSA) is 41.4 Å². The number of aromatic nitrogens is 2. The molecule has 0 atom stereocenters. The smallest absolute Gasteiger partial charge is 0.274 e. The van der Waals surface area contributed by atoms with Crippen LogP contribution in [-0.4, -0.2) is 46.1 Å². The molecule has 0 saturated carbocycles. The first-order valence-electron chi connectivity index (χ1n) is 9.30. The molecule has 0 aliphatic carbocycles. The SMILES string of the molecule is CCN(Cc1ccc(CN(C)C)cc1)C(=O)c1ccn(-c2ccccc2F)n1. The second kappa shape index (κ2) is 8.80. The molecule has 0 fully saturated rings. The number of rotatable bonds is 7. The normalized spacial score (nSPS) is 11.0. The van der Waals surface area contributed by atoms with Gasteiger partial charge >= 0.3 is 0 Å². The Hall–Kier alpha value is -2.99. The molecular weight excluding hydrogens is 355 g/mol. The second-order valence-corrected chi connectivity index (χ2v) is 6.97. The predicted molar refractivity (Wildman–Crippen MR) is 108 cm³/mol. The van der Waals surface area contributed by atoms with E-state index in [1.54, 1.807) is 35.4 Å². The average Bonchev–Trinajstić information content (AvgIpc) is 3.17. The number of hydrogen-bond donors (Lipinski definition) is 0. The van der Waals surface area contributed by atoms with Crippen LogP contribution in [0.3, 0.4) is 0 Å². The molecule has 1 amide bonds. The van der Waals surface area contributed by atoms with Crippen LogP contribution in [0.15, 0.2) is 60.8 Å². The summed E-state index contributed by atoms with van der Waals surface area (Å²) in [5.41, 5.74) is 2.91. The van der Waals surface area contributed by atoms with Crippen molar-refractivity contribution in [1.82, 2.24) is 19.6 Å². The summed E-state index contributed by atoms with van der Waals surface area (Å²) in [5, 5.41) is 4.28. The van der Waals surface area contributed by atoms with Crippen LogP contribution in [0.2, 0.25) is 0 Å². The molecule has 1 heterocycles. The molecule has 0 aliphatic heterocycles. The molecule has 5 nitrogen and oxygen atoms in total. The molecule has 2 aromatic carbocycles. The van der Waals surface area contributed by atoms with Gasteiger partial charge in [0.1, 0.15) is 11.5 Å². The van der Waals surface area contributed by atoms with Crippen molar-refractivity contribution in [1.29, 1.82) is 0 Å². The van der Waals surface area contributed by atoms with Crippen molar-refractivity contribution in [2.75, 3.05) is 20.6 Å². The van der Waals surface area contributed by atoms with Crippen molar-refractivity contribution in [2.45, 2.75) is 20.0 Å². The zero-order valence-corrected chi connectivity index (χ0v) is 16.5. The Bertz CT molecular complexity index is 934. The third kappa shape index (κ3) is 4.64. The average molecular weight is 380 g/mol. The van der Waals surface area contributed by atoms with Crippen LogP contribution >= 0.6 is 0 Å². The lowest BCUT2D eigenvalue weighted by molar-refractivity contribution is 0.0746. The molecule has 0 aliphatic rings. The molecule has 3 aromatic rings. The maximum Gasteiger partial charge on any atom is 0.274 e. The van der Waals surface area contributed by atoms with Gasteiger partial charge in [-0.25, -0.2) is 9.07 Å². The minimum atomic E-state index is -0.380. The fourth-order valence-electron chi connectivity index (χ4n) is 3.03. The van der Waals surface area contributed by atoms with Gasteiger partial charge in [-0.3, -0.25) is 4.79 Å². The van der Waals surface area contributed by atoms with Gasteiger partial charge in [-0.05, 0) is 50.3 Å². The summed E-state index contributed by atoms with van der Waals surface area (Å²) in [7, 11) is 4.07. The van der Waals surface area contributed by atoms with Crippen LogP contribution in [-0.2, 0) is 13.1 Å². The summed E-state index contributed by atoms with van der Waals surface area (Å²) in [4.78, 5) is 16.7.